The third-order valence-corrected chi connectivity index (χ3v) is 6.77. The summed E-state index contributed by atoms with van der Waals surface area (Å²) in [5.74, 6) is 2.00. The molecule has 4 unspecified atom stereocenters. The highest BCUT2D eigenvalue weighted by molar-refractivity contribution is 7.89. The van der Waals surface area contributed by atoms with Crippen molar-refractivity contribution in [3.8, 4) is 0 Å². The smallest absolute Gasteiger partial charge is 0.240 e. The van der Waals surface area contributed by atoms with Crippen molar-refractivity contribution in [2.45, 2.75) is 50.2 Å². The number of hydrogen-bond donors (Lipinski definition) is 2. The summed E-state index contributed by atoms with van der Waals surface area (Å²) in [4.78, 5) is 0.273. The summed E-state index contributed by atoms with van der Waals surface area (Å²) in [5.41, 5.74) is 0.718. The van der Waals surface area contributed by atoms with Gasteiger partial charge in [0.05, 0.1) is 11.5 Å². The molecular weight excluding hydrogens is 286 g/mol. The third kappa shape index (κ3) is 3.00. The Morgan fingerprint density at radius 1 is 1.24 bits per heavy atom. The molecule has 5 heteroatoms. The van der Waals surface area contributed by atoms with Crippen molar-refractivity contribution in [3.63, 3.8) is 0 Å². The van der Waals surface area contributed by atoms with Crippen LogP contribution in [-0.2, 0) is 16.6 Å². The van der Waals surface area contributed by atoms with Gasteiger partial charge in [-0.05, 0) is 61.6 Å². The lowest BCUT2D eigenvalue weighted by Gasteiger charge is -2.28. The van der Waals surface area contributed by atoms with Gasteiger partial charge < -0.3 is 5.11 Å². The van der Waals surface area contributed by atoms with E-state index in [0.717, 1.165) is 17.9 Å². The second kappa shape index (κ2) is 5.71. The van der Waals surface area contributed by atoms with Gasteiger partial charge in [-0.25, -0.2) is 13.1 Å². The zero-order valence-corrected chi connectivity index (χ0v) is 13.1. The molecule has 2 fully saturated rings. The summed E-state index contributed by atoms with van der Waals surface area (Å²) in [6.45, 7) is 1.92. The van der Waals surface area contributed by atoms with Crippen molar-refractivity contribution in [1.82, 2.24) is 4.72 Å². The SMILES string of the molecule is CC(NS(=O)(=O)c1ccc(CO)cc1)C1CC2CCC1C2. The number of hydrogen-bond acceptors (Lipinski definition) is 3. The molecule has 2 aliphatic carbocycles. The molecule has 4 nitrogen and oxygen atoms in total. The Morgan fingerprint density at radius 3 is 2.48 bits per heavy atom. The molecule has 0 amide bonds. The first kappa shape index (κ1) is 15.0. The fourth-order valence-corrected chi connectivity index (χ4v) is 5.38. The van der Waals surface area contributed by atoms with Gasteiger partial charge >= 0.3 is 0 Å². The largest absolute Gasteiger partial charge is 0.392 e. The van der Waals surface area contributed by atoms with E-state index in [-0.39, 0.29) is 17.5 Å². The monoisotopic (exact) mass is 309 g/mol. The Hall–Kier alpha value is -0.910. The van der Waals surface area contributed by atoms with Crippen LogP contribution >= 0.6 is 0 Å². The van der Waals surface area contributed by atoms with Crippen LogP contribution in [0.1, 0.15) is 38.2 Å². The molecule has 2 bridgehead atoms. The molecule has 3 rings (SSSR count). The highest BCUT2D eigenvalue weighted by Crippen LogP contribution is 2.49. The summed E-state index contributed by atoms with van der Waals surface area (Å²) >= 11 is 0. The highest BCUT2D eigenvalue weighted by atomic mass is 32.2. The predicted molar refractivity (Wildman–Crippen MR) is 81.1 cm³/mol. The van der Waals surface area contributed by atoms with E-state index in [2.05, 4.69) is 4.72 Å². The molecule has 2 aliphatic rings. The maximum Gasteiger partial charge on any atom is 0.240 e. The number of nitrogens with one attached hydrogen (secondary N) is 1. The van der Waals surface area contributed by atoms with Crippen LogP contribution in [0.5, 0.6) is 0 Å². The average molecular weight is 309 g/mol. The maximum absolute atomic E-state index is 12.4. The lowest BCUT2D eigenvalue weighted by molar-refractivity contribution is 0.280. The Balaban J connectivity index is 1.70. The topological polar surface area (TPSA) is 66.4 Å². The first-order chi connectivity index (χ1) is 9.99. The van der Waals surface area contributed by atoms with Crippen molar-refractivity contribution in [2.75, 3.05) is 0 Å². The van der Waals surface area contributed by atoms with Gasteiger partial charge in [0.1, 0.15) is 0 Å². The lowest BCUT2D eigenvalue weighted by Crippen LogP contribution is -2.40. The molecule has 0 spiro atoms. The summed E-state index contributed by atoms with van der Waals surface area (Å²) in [7, 11) is -3.47. The molecule has 2 N–H and O–H groups in total. The molecule has 0 aliphatic heterocycles. The molecule has 0 radical (unpaired) electrons. The van der Waals surface area contributed by atoms with E-state index < -0.39 is 10.0 Å². The molecule has 116 valence electrons. The van der Waals surface area contributed by atoms with E-state index in [1.54, 1.807) is 24.3 Å². The van der Waals surface area contributed by atoms with Gasteiger partial charge in [0.15, 0.2) is 0 Å². The van der Waals surface area contributed by atoms with Crippen LogP contribution in [0.3, 0.4) is 0 Å². The van der Waals surface area contributed by atoms with E-state index in [9.17, 15) is 8.42 Å². The van der Waals surface area contributed by atoms with Gasteiger partial charge in [-0.1, -0.05) is 18.6 Å². The Kier molecular flexibility index (Phi) is 4.08. The standard InChI is InChI=1S/C16H23NO3S/c1-11(16-9-13-2-5-14(16)8-13)17-21(19,20)15-6-3-12(10-18)4-7-15/h3-4,6-7,11,13-14,16-18H,2,5,8-10H2,1H3. The Labute approximate surface area is 126 Å². The minimum absolute atomic E-state index is 0.0113. The van der Waals surface area contributed by atoms with Gasteiger partial charge in [0.25, 0.3) is 0 Å². The summed E-state index contributed by atoms with van der Waals surface area (Å²) in [5, 5.41) is 9.02. The summed E-state index contributed by atoms with van der Waals surface area (Å²) < 4.78 is 27.7. The zero-order chi connectivity index (χ0) is 15.0. The Morgan fingerprint density at radius 2 is 1.95 bits per heavy atom. The molecule has 21 heavy (non-hydrogen) atoms. The molecule has 0 saturated heterocycles. The van der Waals surface area contributed by atoms with E-state index >= 15 is 0 Å². The van der Waals surface area contributed by atoms with Gasteiger partial charge in [0, 0.05) is 6.04 Å². The van der Waals surface area contributed by atoms with E-state index in [1.807, 2.05) is 6.92 Å². The van der Waals surface area contributed by atoms with Crippen LogP contribution in [0.25, 0.3) is 0 Å². The Bertz CT molecular complexity index is 596. The van der Waals surface area contributed by atoms with Gasteiger partial charge in [-0.3, -0.25) is 0 Å². The zero-order valence-electron chi connectivity index (χ0n) is 12.3. The second-order valence-electron chi connectivity index (χ2n) is 6.55. The van der Waals surface area contributed by atoms with E-state index in [1.165, 1.54) is 19.3 Å². The van der Waals surface area contributed by atoms with Crippen molar-refractivity contribution < 1.29 is 13.5 Å². The van der Waals surface area contributed by atoms with E-state index in [4.69, 9.17) is 5.11 Å². The molecule has 0 heterocycles. The van der Waals surface area contributed by atoms with Crippen molar-refractivity contribution in [1.29, 1.82) is 0 Å². The molecule has 1 aromatic carbocycles. The minimum atomic E-state index is -3.47. The number of aliphatic hydroxyl groups excluding tert-OH is 1. The fraction of sp³-hybridized carbons (Fsp3) is 0.625. The summed E-state index contributed by atoms with van der Waals surface area (Å²) in [6.07, 6.45) is 5.02. The normalized spacial score (nSPS) is 29.7. The second-order valence-corrected chi connectivity index (χ2v) is 8.26. The number of rotatable bonds is 5. The summed E-state index contributed by atoms with van der Waals surface area (Å²) in [6, 6.07) is 6.40. The number of fused-ring (bicyclic) bond motifs is 2. The molecule has 4 atom stereocenters. The number of sulfonamides is 1. The van der Waals surface area contributed by atoms with Crippen molar-refractivity contribution in [2.24, 2.45) is 17.8 Å². The van der Waals surface area contributed by atoms with Gasteiger partial charge in [-0.2, -0.15) is 0 Å². The number of benzene rings is 1. The van der Waals surface area contributed by atoms with Crippen LogP contribution in [-0.4, -0.2) is 19.6 Å². The molecule has 0 aromatic heterocycles. The van der Waals surface area contributed by atoms with Crippen LogP contribution in [0, 0.1) is 17.8 Å². The molecular formula is C16H23NO3S. The third-order valence-electron chi connectivity index (χ3n) is 5.19. The predicted octanol–water partition coefficient (Wildman–Crippen LogP) is 2.28. The van der Waals surface area contributed by atoms with E-state index in [0.29, 0.717) is 11.8 Å². The van der Waals surface area contributed by atoms with Crippen LogP contribution < -0.4 is 4.72 Å². The van der Waals surface area contributed by atoms with Gasteiger partial charge in [-0.15, -0.1) is 0 Å². The molecule has 2 saturated carbocycles. The van der Waals surface area contributed by atoms with Crippen LogP contribution in [0.4, 0.5) is 0 Å². The average Bonchev–Trinajstić information content (AvgIpc) is 3.09. The fourth-order valence-electron chi connectivity index (χ4n) is 4.08. The van der Waals surface area contributed by atoms with Crippen LogP contribution in [0.2, 0.25) is 0 Å². The quantitative estimate of drug-likeness (QED) is 0.877. The maximum atomic E-state index is 12.4. The lowest BCUT2D eigenvalue weighted by atomic mass is 9.84. The van der Waals surface area contributed by atoms with Crippen molar-refractivity contribution in [3.05, 3.63) is 29.8 Å². The van der Waals surface area contributed by atoms with Crippen LogP contribution in [0.15, 0.2) is 29.2 Å². The van der Waals surface area contributed by atoms with Gasteiger partial charge in [0.2, 0.25) is 10.0 Å². The molecule has 1 aromatic rings. The first-order valence-electron chi connectivity index (χ1n) is 7.71. The van der Waals surface area contributed by atoms with Crippen molar-refractivity contribution >= 4 is 10.0 Å². The number of aliphatic hydroxyl groups is 1. The highest BCUT2D eigenvalue weighted by Gasteiger charge is 2.42. The minimum Gasteiger partial charge on any atom is -0.392 e. The first-order valence-corrected chi connectivity index (χ1v) is 9.20.